The van der Waals surface area contributed by atoms with Crippen molar-refractivity contribution < 1.29 is 4.79 Å². The zero-order chi connectivity index (χ0) is 11.5. The zero-order valence-corrected chi connectivity index (χ0v) is 9.55. The van der Waals surface area contributed by atoms with Gasteiger partial charge in [0.15, 0.2) is 5.78 Å². The van der Waals surface area contributed by atoms with Gasteiger partial charge in [-0.3, -0.25) is 4.79 Å². The third-order valence-electron chi connectivity index (χ3n) is 2.58. The van der Waals surface area contributed by atoms with E-state index in [0.29, 0.717) is 0 Å². The maximum atomic E-state index is 11.7. The van der Waals surface area contributed by atoms with Crippen molar-refractivity contribution in [2.75, 3.05) is 0 Å². The van der Waals surface area contributed by atoms with E-state index in [0.717, 1.165) is 11.3 Å². The van der Waals surface area contributed by atoms with Gasteiger partial charge in [-0.2, -0.15) is 0 Å². The molecule has 2 heteroatoms. The molecule has 1 aromatic carbocycles. The minimum Gasteiger partial charge on any atom is -0.324 e. The van der Waals surface area contributed by atoms with Gasteiger partial charge in [-0.05, 0) is 36.4 Å². The molecule has 1 aromatic heterocycles. The van der Waals surface area contributed by atoms with E-state index in [1.54, 1.807) is 0 Å². The topological polar surface area (TPSA) is 22.0 Å². The molecule has 0 amide bonds. The summed E-state index contributed by atoms with van der Waals surface area (Å²) >= 11 is 0. The van der Waals surface area contributed by atoms with Crippen molar-refractivity contribution in [3.8, 4) is 5.69 Å². The number of Topliss-reactive ketones (excluding diaryl/α,β-unsaturated/α-hetero) is 1. The summed E-state index contributed by atoms with van der Waals surface area (Å²) in [6, 6.07) is 11.7. The minimum absolute atomic E-state index is 0.0532. The lowest BCUT2D eigenvalue weighted by atomic mass is 10.0. The van der Waals surface area contributed by atoms with Crippen LogP contribution in [0.3, 0.4) is 0 Å². The molecule has 2 rings (SSSR count). The summed E-state index contributed by atoms with van der Waals surface area (Å²) in [5.74, 6) is 0.247. The molecule has 2 nitrogen and oxygen atoms in total. The molecule has 0 unspecified atom stereocenters. The lowest BCUT2D eigenvalue weighted by Crippen LogP contribution is -2.07. The summed E-state index contributed by atoms with van der Waals surface area (Å²) in [4.78, 5) is 11.7. The third-order valence-corrected chi connectivity index (χ3v) is 2.58. The van der Waals surface area contributed by atoms with E-state index in [9.17, 15) is 4.79 Å². The van der Waals surface area contributed by atoms with Crippen LogP contribution in [0.25, 0.3) is 5.69 Å². The predicted molar refractivity (Wildman–Crippen MR) is 64.9 cm³/mol. The Hall–Kier alpha value is -1.83. The van der Waals surface area contributed by atoms with Crippen LogP contribution in [0.4, 0.5) is 0 Å². The fraction of sp³-hybridized carbons (Fsp3) is 0.214. The smallest absolute Gasteiger partial charge is 0.165 e. The third kappa shape index (κ3) is 2.06. The highest BCUT2D eigenvalue weighted by atomic mass is 16.1. The first-order chi connectivity index (χ1) is 7.68. The van der Waals surface area contributed by atoms with Crippen LogP contribution in [0.1, 0.15) is 24.2 Å². The van der Waals surface area contributed by atoms with Crippen molar-refractivity contribution in [3.05, 3.63) is 54.4 Å². The molecule has 0 radical (unpaired) electrons. The van der Waals surface area contributed by atoms with Crippen LogP contribution in [-0.4, -0.2) is 10.4 Å². The molecule has 2 aromatic rings. The molecule has 0 saturated carbocycles. The maximum absolute atomic E-state index is 11.7. The molecule has 0 spiro atoms. The second kappa shape index (κ2) is 4.35. The van der Waals surface area contributed by atoms with Crippen molar-refractivity contribution in [1.29, 1.82) is 0 Å². The van der Waals surface area contributed by atoms with E-state index in [-0.39, 0.29) is 11.7 Å². The molecule has 0 N–H and O–H groups in total. The second-order valence-electron chi connectivity index (χ2n) is 4.16. The van der Waals surface area contributed by atoms with Crippen LogP contribution in [0, 0.1) is 5.92 Å². The van der Waals surface area contributed by atoms with Crippen LogP contribution in [0.2, 0.25) is 0 Å². The minimum atomic E-state index is 0.0532. The normalized spacial score (nSPS) is 10.7. The fourth-order valence-corrected chi connectivity index (χ4v) is 1.64. The Labute approximate surface area is 95.5 Å². The Balaban J connectivity index is 2.27. The summed E-state index contributed by atoms with van der Waals surface area (Å²) in [5.41, 5.74) is 1.86. The molecule has 0 atom stereocenters. The number of nitrogens with zero attached hydrogens (tertiary/aromatic N) is 1. The molecular formula is C14H15NO. The Morgan fingerprint density at radius 1 is 1.06 bits per heavy atom. The number of rotatable bonds is 3. The average Bonchev–Trinajstić information content (AvgIpc) is 2.81. The molecule has 0 aliphatic heterocycles. The Bertz CT molecular complexity index is 466. The molecule has 0 bridgehead atoms. The van der Waals surface area contributed by atoms with Crippen LogP contribution in [-0.2, 0) is 0 Å². The summed E-state index contributed by atoms with van der Waals surface area (Å²) in [5, 5.41) is 0. The van der Waals surface area contributed by atoms with Crippen LogP contribution in [0.15, 0.2) is 48.8 Å². The van der Waals surface area contributed by atoms with Crippen molar-refractivity contribution in [1.82, 2.24) is 4.57 Å². The van der Waals surface area contributed by atoms with E-state index in [1.165, 1.54) is 0 Å². The Kier molecular flexibility index (Phi) is 2.91. The highest BCUT2D eigenvalue weighted by Gasteiger charge is 2.09. The Morgan fingerprint density at radius 2 is 1.62 bits per heavy atom. The molecule has 0 fully saturated rings. The number of hydrogen-bond donors (Lipinski definition) is 0. The summed E-state index contributed by atoms with van der Waals surface area (Å²) in [6.07, 6.45) is 3.97. The Morgan fingerprint density at radius 3 is 2.12 bits per heavy atom. The van der Waals surface area contributed by atoms with Gasteiger partial charge in [0.2, 0.25) is 0 Å². The summed E-state index contributed by atoms with van der Waals surface area (Å²) in [7, 11) is 0. The largest absolute Gasteiger partial charge is 0.324 e. The van der Waals surface area contributed by atoms with Crippen LogP contribution < -0.4 is 0 Å². The van der Waals surface area contributed by atoms with Crippen molar-refractivity contribution in [2.24, 2.45) is 5.92 Å². The zero-order valence-electron chi connectivity index (χ0n) is 9.55. The van der Waals surface area contributed by atoms with Gasteiger partial charge in [-0.15, -0.1) is 0 Å². The van der Waals surface area contributed by atoms with E-state index in [1.807, 2.05) is 67.2 Å². The molecule has 1 heterocycles. The molecule has 16 heavy (non-hydrogen) atoms. The lowest BCUT2D eigenvalue weighted by molar-refractivity contribution is 0.0939. The summed E-state index contributed by atoms with van der Waals surface area (Å²) < 4.78 is 2.02. The van der Waals surface area contributed by atoms with Crippen LogP contribution >= 0.6 is 0 Å². The molecule has 0 aliphatic rings. The van der Waals surface area contributed by atoms with E-state index in [2.05, 4.69) is 0 Å². The first kappa shape index (κ1) is 10.7. The molecule has 0 aliphatic carbocycles. The SMILES string of the molecule is CC(C)C(=O)c1ccc(-n2cccc2)cc1. The molecule has 82 valence electrons. The number of hydrogen-bond acceptors (Lipinski definition) is 1. The van der Waals surface area contributed by atoms with Crippen LogP contribution in [0.5, 0.6) is 0 Å². The van der Waals surface area contributed by atoms with E-state index in [4.69, 9.17) is 0 Å². The van der Waals surface area contributed by atoms with Gasteiger partial charge in [0.25, 0.3) is 0 Å². The van der Waals surface area contributed by atoms with Gasteiger partial charge in [-0.1, -0.05) is 13.8 Å². The van der Waals surface area contributed by atoms with Gasteiger partial charge in [0, 0.05) is 29.6 Å². The van der Waals surface area contributed by atoms with Crippen molar-refractivity contribution >= 4 is 5.78 Å². The average molecular weight is 213 g/mol. The monoisotopic (exact) mass is 213 g/mol. The number of ketones is 1. The van der Waals surface area contributed by atoms with Gasteiger partial charge < -0.3 is 4.57 Å². The number of carbonyl (C=O) groups excluding carboxylic acids is 1. The van der Waals surface area contributed by atoms with Gasteiger partial charge in [0.1, 0.15) is 0 Å². The van der Waals surface area contributed by atoms with Crippen molar-refractivity contribution in [2.45, 2.75) is 13.8 Å². The van der Waals surface area contributed by atoms with E-state index >= 15 is 0 Å². The molecule has 0 saturated heterocycles. The fourth-order valence-electron chi connectivity index (χ4n) is 1.64. The first-order valence-electron chi connectivity index (χ1n) is 5.46. The van der Waals surface area contributed by atoms with Gasteiger partial charge >= 0.3 is 0 Å². The maximum Gasteiger partial charge on any atom is 0.165 e. The standard InChI is InChI=1S/C14H15NO/c1-11(2)14(16)12-5-7-13(8-6-12)15-9-3-4-10-15/h3-11H,1-2H3. The lowest BCUT2D eigenvalue weighted by Gasteiger charge is -2.06. The first-order valence-corrected chi connectivity index (χ1v) is 5.46. The van der Waals surface area contributed by atoms with E-state index < -0.39 is 0 Å². The number of carbonyl (C=O) groups is 1. The molecular weight excluding hydrogens is 198 g/mol. The number of aromatic nitrogens is 1. The van der Waals surface area contributed by atoms with Gasteiger partial charge in [-0.25, -0.2) is 0 Å². The second-order valence-corrected chi connectivity index (χ2v) is 4.16. The summed E-state index contributed by atoms with van der Waals surface area (Å²) in [6.45, 7) is 3.84. The highest BCUT2D eigenvalue weighted by Crippen LogP contribution is 2.13. The predicted octanol–water partition coefficient (Wildman–Crippen LogP) is 3.32. The quantitative estimate of drug-likeness (QED) is 0.717. The number of benzene rings is 1. The van der Waals surface area contributed by atoms with Crippen molar-refractivity contribution in [3.63, 3.8) is 0 Å². The van der Waals surface area contributed by atoms with Gasteiger partial charge in [0.05, 0.1) is 0 Å². The highest BCUT2D eigenvalue weighted by molar-refractivity contribution is 5.97.